The number of hydrogen-bond acceptors (Lipinski definition) is 2. The second-order valence-electron chi connectivity index (χ2n) is 5.17. The van der Waals surface area contributed by atoms with E-state index in [0.717, 1.165) is 25.5 Å². The first-order chi connectivity index (χ1) is 8.30. The monoisotopic (exact) mass is 239 g/mol. The van der Waals surface area contributed by atoms with E-state index in [1.54, 1.807) is 0 Å². The lowest BCUT2D eigenvalue weighted by molar-refractivity contribution is -0.0292. The highest BCUT2D eigenvalue weighted by atomic mass is 16.5. The maximum atomic E-state index is 5.62. The first kappa shape index (κ1) is 14.7. The van der Waals surface area contributed by atoms with Crippen molar-refractivity contribution in [2.24, 2.45) is 5.92 Å². The summed E-state index contributed by atoms with van der Waals surface area (Å²) in [4.78, 5) is 0. The molecule has 100 valence electrons. The van der Waals surface area contributed by atoms with E-state index in [1.165, 1.54) is 32.1 Å². The second kappa shape index (κ2) is 8.71. The number of ether oxygens (including phenoxy) is 1. The molecule has 0 bridgehead atoms. The second-order valence-corrected chi connectivity index (χ2v) is 5.17. The van der Waals surface area contributed by atoms with Crippen molar-refractivity contribution in [1.29, 1.82) is 0 Å². The van der Waals surface area contributed by atoms with Crippen LogP contribution in [0.25, 0.3) is 0 Å². The predicted octanol–water partition coefficient (Wildman–Crippen LogP) is 3.53. The quantitative estimate of drug-likeness (QED) is 0.589. The Balaban J connectivity index is 2.17. The summed E-state index contributed by atoms with van der Waals surface area (Å²) < 4.78 is 5.62. The van der Waals surface area contributed by atoms with Crippen LogP contribution in [0.5, 0.6) is 0 Å². The zero-order chi connectivity index (χ0) is 12.5. The molecule has 0 aromatic rings. The SMILES string of the molecule is C=CCCC(CC1CC(OCC)C1)NCCC. The molecular formula is C15H29NO. The van der Waals surface area contributed by atoms with Gasteiger partial charge in [0.25, 0.3) is 0 Å². The number of nitrogens with one attached hydrogen (secondary N) is 1. The molecule has 1 aliphatic carbocycles. The Morgan fingerprint density at radius 2 is 2.18 bits per heavy atom. The van der Waals surface area contributed by atoms with Gasteiger partial charge in [-0.3, -0.25) is 0 Å². The van der Waals surface area contributed by atoms with Crippen molar-refractivity contribution >= 4 is 0 Å². The van der Waals surface area contributed by atoms with E-state index in [1.807, 2.05) is 6.08 Å². The molecule has 2 nitrogen and oxygen atoms in total. The van der Waals surface area contributed by atoms with Crippen LogP contribution in [-0.2, 0) is 4.74 Å². The van der Waals surface area contributed by atoms with E-state index < -0.39 is 0 Å². The van der Waals surface area contributed by atoms with Crippen LogP contribution in [-0.4, -0.2) is 25.3 Å². The van der Waals surface area contributed by atoms with Crippen LogP contribution in [0.1, 0.15) is 52.4 Å². The van der Waals surface area contributed by atoms with Gasteiger partial charge in [0, 0.05) is 12.6 Å². The molecule has 2 heteroatoms. The maximum Gasteiger partial charge on any atom is 0.0580 e. The van der Waals surface area contributed by atoms with Crippen LogP contribution in [0.2, 0.25) is 0 Å². The highest BCUT2D eigenvalue weighted by Crippen LogP contribution is 2.34. The Labute approximate surface area is 107 Å². The molecule has 0 aromatic heterocycles. The molecule has 0 aromatic carbocycles. The molecule has 0 saturated heterocycles. The normalized spacial score (nSPS) is 25.3. The van der Waals surface area contributed by atoms with Gasteiger partial charge in [-0.05, 0) is 57.9 Å². The van der Waals surface area contributed by atoms with Gasteiger partial charge in [0.15, 0.2) is 0 Å². The van der Waals surface area contributed by atoms with Gasteiger partial charge in [-0.2, -0.15) is 0 Å². The van der Waals surface area contributed by atoms with E-state index in [4.69, 9.17) is 4.74 Å². The van der Waals surface area contributed by atoms with Crippen molar-refractivity contribution in [3.8, 4) is 0 Å². The summed E-state index contributed by atoms with van der Waals surface area (Å²) >= 11 is 0. The molecule has 0 radical (unpaired) electrons. The first-order valence-corrected chi connectivity index (χ1v) is 7.26. The number of rotatable bonds is 10. The van der Waals surface area contributed by atoms with Crippen molar-refractivity contribution in [3.05, 3.63) is 12.7 Å². The average Bonchev–Trinajstić information content (AvgIpc) is 2.29. The molecule has 1 rings (SSSR count). The van der Waals surface area contributed by atoms with Crippen LogP contribution < -0.4 is 5.32 Å². The molecule has 17 heavy (non-hydrogen) atoms. The molecule has 0 amide bonds. The molecule has 1 atom stereocenters. The topological polar surface area (TPSA) is 21.3 Å². The highest BCUT2D eigenvalue weighted by Gasteiger charge is 2.30. The van der Waals surface area contributed by atoms with Crippen LogP contribution in [0, 0.1) is 5.92 Å². The molecule has 0 aliphatic heterocycles. The van der Waals surface area contributed by atoms with Crippen molar-refractivity contribution in [1.82, 2.24) is 5.32 Å². The van der Waals surface area contributed by atoms with E-state index in [0.29, 0.717) is 12.1 Å². The third-order valence-corrected chi connectivity index (χ3v) is 3.61. The van der Waals surface area contributed by atoms with Gasteiger partial charge in [-0.25, -0.2) is 0 Å². The lowest BCUT2D eigenvalue weighted by atomic mass is 9.77. The van der Waals surface area contributed by atoms with Gasteiger partial charge < -0.3 is 10.1 Å². The van der Waals surface area contributed by atoms with E-state index in [2.05, 4.69) is 25.7 Å². The van der Waals surface area contributed by atoms with E-state index in [-0.39, 0.29) is 0 Å². The third kappa shape index (κ3) is 5.69. The molecule has 0 spiro atoms. The minimum Gasteiger partial charge on any atom is -0.378 e. The molecule has 1 fully saturated rings. The lowest BCUT2D eigenvalue weighted by Crippen LogP contribution is -2.38. The Bertz CT molecular complexity index is 199. The summed E-state index contributed by atoms with van der Waals surface area (Å²) in [6, 6.07) is 0.681. The lowest BCUT2D eigenvalue weighted by Gasteiger charge is -2.37. The minimum absolute atomic E-state index is 0.552. The van der Waals surface area contributed by atoms with Gasteiger partial charge in [-0.1, -0.05) is 13.0 Å². The molecule has 1 aliphatic rings. The summed E-state index contributed by atoms with van der Waals surface area (Å²) in [5, 5.41) is 3.66. The Morgan fingerprint density at radius 3 is 2.76 bits per heavy atom. The summed E-state index contributed by atoms with van der Waals surface area (Å²) in [6.07, 6.45) is 10.0. The molecular weight excluding hydrogens is 210 g/mol. The fourth-order valence-electron chi connectivity index (χ4n) is 2.61. The minimum atomic E-state index is 0.552. The van der Waals surface area contributed by atoms with Gasteiger partial charge in [0.2, 0.25) is 0 Å². The van der Waals surface area contributed by atoms with E-state index in [9.17, 15) is 0 Å². The molecule has 1 unspecified atom stereocenters. The van der Waals surface area contributed by atoms with Crippen molar-refractivity contribution in [2.45, 2.75) is 64.5 Å². The summed E-state index contributed by atoms with van der Waals surface area (Å²) in [5.74, 6) is 0.880. The Morgan fingerprint density at radius 1 is 1.41 bits per heavy atom. The van der Waals surface area contributed by atoms with Crippen LogP contribution >= 0.6 is 0 Å². The van der Waals surface area contributed by atoms with Crippen LogP contribution in [0.3, 0.4) is 0 Å². The fourth-order valence-corrected chi connectivity index (χ4v) is 2.61. The first-order valence-electron chi connectivity index (χ1n) is 7.26. The third-order valence-electron chi connectivity index (χ3n) is 3.61. The van der Waals surface area contributed by atoms with Gasteiger partial charge in [-0.15, -0.1) is 6.58 Å². The van der Waals surface area contributed by atoms with Gasteiger partial charge in [0.05, 0.1) is 6.10 Å². The number of hydrogen-bond donors (Lipinski definition) is 1. The molecule has 1 saturated carbocycles. The van der Waals surface area contributed by atoms with Crippen molar-refractivity contribution < 1.29 is 4.74 Å². The smallest absolute Gasteiger partial charge is 0.0580 e. The molecule has 1 N–H and O–H groups in total. The summed E-state index contributed by atoms with van der Waals surface area (Å²) in [5.41, 5.74) is 0. The standard InChI is InChI=1S/C15H29NO/c1-4-7-8-14(16-9-5-2)10-13-11-15(12-13)17-6-3/h4,13-16H,1,5-12H2,2-3H3. The maximum absolute atomic E-state index is 5.62. The summed E-state index contributed by atoms with van der Waals surface area (Å²) in [6.45, 7) is 10.1. The average molecular weight is 239 g/mol. The van der Waals surface area contributed by atoms with Crippen LogP contribution in [0.4, 0.5) is 0 Å². The van der Waals surface area contributed by atoms with Crippen molar-refractivity contribution in [2.75, 3.05) is 13.2 Å². The van der Waals surface area contributed by atoms with Gasteiger partial charge in [0.1, 0.15) is 0 Å². The van der Waals surface area contributed by atoms with Gasteiger partial charge >= 0.3 is 0 Å². The summed E-state index contributed by atoms with van der Waals surface area (Å²) in [7, 11) is 0. The Hall–Kier alpha value is -0.340. The van der Waals surface area contributed by atoms with Crippen LogP contribution in [0.15, 0.2) is 12.7 Å². The predicted molar refractivity (Wildman–Crippen MR) is 74.3 cm³/mol. The largest absolute Gasteiger partial charge is 0.378 e. The van der Waals surface area contributed by atoms with E-state index >= 15 is 0 Å². The van der Waals surface area contributed by atoms with Crippen molar-refractivity contribution in [3.63, 3.8) is 0 Å². The molecule has 0 heterocycles. The zero-order valence-electron chi connectivity index (χ0n) is 11.6. The highest BCUT2D eigenvalue weighted by molar-refractivity contribution is 4.85. The number of allylic oxidation sites excluding steroid dienone is 1. The zero-order valence-corrected chi connectivity index (χ0v) is 11.6. The fraction of sp³-hybridized carbons (Fsp3) is 0.867. The Kier molecular flexibility index (Phi) is 7.54.